The molecule has 0 bridgehead atoms. The van der Waals surface area contributed by atoms with Gasteiger partial charge in [0, 0.05) is 25.7 Å². The van der Waals surface area contributed by atoms with Crippen LogP contribution in [-0.4, -0.2) is 39.9 Å². The number of hydrogen-bond donors (Lipinski definition) is 1. The van der Waals surface area contributed by atoms with Crippen LogP contribution in [0.15, 0.2) is 53.4 Å². The van der Waals surface area contributed by atoms with Gasteiger partial charge in [-0.1, -0.05) is 19.1 Å². The number of methoxy groups -OCH3 is 1. The van der Waals surface area contributed by atoms with E-state index in [1.807, 2.05) is 24.3 Å². The quantitative estimate of drug-likeness (QED) is 0.820. The standard InChI is InChI=1S/C18H22N2O4S/c1-4-19-25(22,23)17-11-7-15(8-12-17)18(21)20(2)13-14-5-9-16(24-3)10-6-14/h5-12,19H,4,13H2,1-3H3. The lowest BCUT2D eigenvalue weighted by atomic mass is 10.1. The molecule has 0 fully saturated rings. The van der Waals surface area contributed by atoms with Gasteiger partial charge in [-0.05, 0) is 42.0 Å². The number of nitrogens with zero attached hydrogens (tertiary/aromatic N) is 1. The largest absolute Gasteiger partial charge is 0.497 e. The van der Waals surface area contributed by atoms with Crippen molar-refractivity contribution in [2.75, 3.05) is 20.7 Å². The molecule has 0 atom stereocenters. The maximum absolute atomic E-state index is 12.5. The minimum atomic E-state index is -3.52. The summed E-state index contributed by atoms with van der Waals surface area (Å²) in [7, 11) is -0.209. The third-order valence-electron chi connectivity index (χ3n) is 3.67. The lowest BCUT2D eigenvalue weighted by Gasteiger charge is -2.18. The molecule has 6 nitrogen and oxygen atoms in total. The van der Waals surface area contributed by atoms with Gasteiger partial charge in [0.25, 0.3) is 5.91 Å². The molecule has 0 heterocycles. The molecule has 2 aromatic rings. The van der Waals surface area contributed by atoms with E-state index in [1.54, 1.807) is 26.0 Å². The van der Waals surface area contributed by atoms with Crippen LogP contribution in [0.2, 0.25) is 0 Å². The third-order valence-corrected chi connectivity index (χ3v) is 5.23. The highest BCUT2D eigenvalue weighted by Gasteiger charge is 2.16. The Morgan fingerprint density at radius 3 is 2.20 bits per heavy atom. The Morgan fingerprint density at radius 2 is 1.68 bits per heavy atom. The summed E-state index contributed by atoms with van der Waals surface area (Å²) in [5.41, 5.74) is 1.41. The number of benzene rings is 2. The number of carbonyl (C=O) groups excluding carboxylic acids is 1. The van der Waals surface area contributed by atoms with Crippen LogP contribution in [0.4, 0.5) is 0 Å². The average Bonchev–Trinajstić information content (AvgIpc) is 2.61. The number of amides is 1. The molecule has 0 saturated carbocycles. The fraction of sp³-hybridized carbons (Fsp3) is 0.278. The Morgan fingerprint density at radius 1 is 1.08 bits per heavy atom. The molecule has 0 radical (unpaired) electrons. The third kappa shape index (κ3) is 4.80. The molecule has 0 saturated heterocycles. The van der Waals surface area contributed by atoms with E-state index in [2.05, 4.69) is 4.72 Å². The zero-order valence-electron chi connectivity index (χ0n) is 14.5. The molecular formula is C18H22N2O4S. The summed E-state index contributed by atoms with van der Waals surface area (Å²) in [6.07, 6.45) is 0. The van der Waals surface area contributed by atoms with Gasteiger partial charge in [-0.2, -0.15) is 0 Å². The zero-order valence-corrected chi connectivity index (χ0v) is 15.3. The lowest BCUT2D eigenvalue weighted by Crippen LogP contribution is -2.26. The van der Waals surface area contributed by atoms with E-state index >= 15 is 0 Å². The van der Waals surface area contributed by atoms with E-state index < -0.39 is 10.0 Å². The number of nitrogens with one attached hydrogen (secondary N) is 1. The predicted octanol–water partition coefficient (Wildman–Crippen LogP) is 2.27. The number of rotatable bonds is 7. The minimum absolute atomic E-state index is 0.142. The molecule has 1 N–H and O–H groups in total. The first kappa shape index (κ1) is 19.0. The molecule has 0 aliphatic rings. The van der Waals surface area contributed by atoms with Crippen LogP contribution in [0.5, 0.6) is 5.75 Å². The van der Waals surface area contributed by atoms with Crippen LogP contribution >= 0.6 is 0 Å². The van der Waals surface area contributed by atoms with Crippen molar-refractivity contribution in [2.45, 2.75) is 18.4 Å². The Hall–Kier alpha value is -2.38. The second-order valence-corrected chi connectivity index (χ2v) is 7.30. The molecule has 0 spiro atoms. The van der Waals surface area contributed by atoms with Gasteiger partial charge < -0.3 is 9.64 Å². The first-order valence-corrected chi connectivity index (χ1v) is 9.34. The van der Waals surface area contributed by atoms with E-state index in [9.17, 15) is 13.2 Å². The highest BCUT2D eigenvalue weighted by molar-refractivity contribution is 7.89. The van der Waals surface area contributed by atoms with Crippen molar-refractivity contribution in [3.63, 3.8) is 0 Å². The van der Waals surface area contributed by atoms with Crippen molar-refractivity contribution in [1.82, 2.24) is 9.62 Å². The van der Waals surface area contributed by atoms with E-state index in [4.69, 9.17) is 4.74 Å². The molecule has 0 aliphatic heterocycles. The zero-order chi connectivity index (χ0) is 18.4. The van der Waals surface area contributed by atoms with Crippen LogP contribution in [0.25, 0.3) is 0 Å². The molecule has 0 unspecified atom stereocenters. The second kappa shape index (κ2) is 8.13. The number of ether oxygens (including phenoxy) is 1. The van der Waals surface area contributed by atoms with Crippen LogP contribution in [-0.2, 0) is 16.6 Å². The number of hydrogen-bond acceptors (Lipinski definition) is 4. The van der Waals surface area contributed by atoms with Gasteiger partial charge in [0.2, 0.25) is 10.0 Å². The minimum Gasteiger partial charge on any atom is -0.497 e. The monoisotopic (exact) mass is 362 g/mol. The molecular weight excluding hydrogens is 340 g/mol. The summed E-state index contributed by atoms with van der Waals surface area (Å²) < 4.78 is 31.4. The first-order chi connectivity index (χ1) is 11.9. The van der Waals surface area contributed by atoms with Crippen molar-refractivity contribution in [1.29, 1.82) is 0 Å². The van der Waals surface area contributed by atoms with Crippen molar-refractivity contribution >= 4 is 15.9 Å². The lowest BCUT2D eigenvalue weighted by molar-refractivity contribution is 0.0785. The maximum atomic E-state index is 12.5. The highest BCUT2D eigenvalue weighted by Crippen LogP contribution is 2.15. The summed E-state index contributed by atoms with van der Waals surface area (Å²) in [6, 6.07) is 13.4. The maximum Gasteiger partial charge on any atom is 0.253 e. The van der Waals surface area contributed by atoms with Gasteiger partial charge in [0.1, 0.15) is 5.75 Å². The topological polar surface area (TPSA) is 75.7 Å². The summed E-state index contributed by atoms with van der Waals surface area (Å²) in [5, 5.41) is 0. The van der Waals surface area contributed by atoms with E-state index in [-0.39, 0.29) is 10.8 Å². The molecule has 2 aromatic carbocycles. The van der Waals surface area contributed by atoms with Crippen molar-refractivity contribution < 1.29 is 17.9 Å². The molecule has 1 amide bonds. The van der Waals surface area contributed by atoms with Crippen molar-refractivity contribution in [2.24, 2.45) is 0 Å². The first-order valence-electron chi connectivity index (χ1n) is 7.85. The van der Waals surface area contributed by atoms with E-state index in [0.717, 1.165) is 11.3 Å². The summed E-state index contributed by atoms with van der Waals surface area (Å²) in [6.45, 7) is 2.47. The molecule has 25 heavy (non-hydrogen) atoms. The van der Waals surface area contributed by atoms with Gasteiger partial charge in [-0.3, -0.25) is 4.79 Å². The van der Waals surface area contributed by atoms with Crippen LogP contribution in [0.3, 0.4) is 0 Å². The fourth-order valence-corrected chi connectivity index (χ4v) is 3.39. The molecule has 7 heteroatoms. The van der Waals surface area contributed by atoms with Crippen LogP contribution in [0, 0.1) is 0 Å². The predicted molar refractivity (Wildman–Crippen MR) is 96.1 cm³/mol. The van der Waals surface area contributed by atoms with Crippen LogP contribution < -0.4 is 9.46 Å². The van der Waals surface area contributed by atoms with Gasteiger partial charge >= 0.3 is 0 Å². The normalized spacial score (nSPS) is 11.2. The molecule has 0 aromatic heterocycles. The summed E-state index contributed by atoms with van der Waals surface area (Å²) in [4.78, 5) is 14.2. The number of sulfonamides is 1. The average molecular weight is 362 g/mol. The summed E-state index contributed by atoms with van der Waals surface area (Å²) >= 11 is 0. The Labute approximate surface area is 148 Å². The van der Waals surface area contributed by atoms with E-state index in [1.165, 1.54) is 24.3 Å². The van der Waals surface area contributed by atoms with Gasteiger partial charge in [-0.25, -0.2) is 13.1 Å². The van der Waals surface area contributed by atoms with Gasteiger partial charge in [-0.15, -0.1) is 0 Å². The van der Waals surface area contributed by atoms with Crippen molar-refractivity contribution in [3.05, 3.63) is 59.7 Å². The molecule has 2 rings (SSSR count). The smallest absolute Gasteiger partial charge is 0.253 e. The van der Waals surface area contributed by atoms with Gasteiger partial charge in [0.15, 0.2) is 0 Å². The highest BCUT2D eigenvalue weighted by atomic mass is 32.2. The van der Waals surface area contributed by atoms with E-state index in [0.29, 0.717) is 18.7 Å². The Bertz CT molecular complexity index is 815. The van der Waals surface area contributed by atoms with Crippen molar-refractivity contribution in [3.8, 4) is 5.75 Å². The Balaban J connectivity index is 2.08. The number of carbonyl (C=O) groups is 1. The SMILES string of the molecule is CCNS(=O)(=O)c1ccc(C(=O)N(C)Cc2ccc(OC)cc2)cc1. The second-order valence-electron chi connectivity index (χ2n) is 5.53. The molecule has 0 aliphatic carbocycles. The van der Waals surface area contributed by atoms with Crippen LogP contribution in [0.1, 0.15) is 22.8 Å². The van der Waals surface area contributed by atoms with Gasteiger partial charge in [0.05, 0.1) is 12.0 Å². The summed E-state index contributed by atoms with van der Waals surface area (Å²) in [5.74, 6) is 0.582. The Kier molecular flexibility index (Phi) is 6.17. The molecule has 134 valence electrons. The fourth-order valence-electron chi connectivity index (χ4n) is 2.35.